The van der Waals surface area contributed by atoms with E-state index in [1.54, 1.807) is 0 Å². The number of aromatic nitrogens is 2. The highest BCUT2D eigenvalue weighted by Gasteiger charge is 2.38. The summed E-state index contributed by atoms with van der Waals surface area (Å²) >= 11 is 0. The standard InChI is InChI=1S/C24H27N3O2/c28-13-10-23-16-26-15-21(14-22(26)17-29-23)27-12-11-25-24(27)20-8-6-19(7-9-20)18-4-2-1-3-5-18/h1-9,11-12,21-23,28H,10,13-17H2/t21-,22-,23-/m0/s1. The molecule has 1 N–H and O–H groups in total. The summed E-state index contributed by atoms with van der Waals surface area (Å²) in [6.45, 7) is 2.88. The van der Waals surface area contributed by atoms with Crippen molar-refractivity contribution in [2.75, 3.05) is 26.3 Å². The molecule has 0 spiro atoms. The summed E-state index contributed by atoms with van der Waals surface area (Å²) in [7, 11) is 0. The Hall–Kier alpha value is -2.47. The minimum absolute atomic E-state index is 0.155. The Morgan fingerprint density at radius 2 is 1.69 bits per heavy atom. The predicted octanol–water partition coefficient (Wildman–Crippen LogP) is 3.61. The minimum atomic E-state index is 0.155. The van der Waals surface area contributed by atoms with Crippen LogP contribution in [0.1, 0.15) is 18.9 Å². The van der Waals surface area contributed by atoms with Gasteiger partial charge in [0.15, 0.2) is 0 Å². The lowest BCUT2D eigenvalue weighted by molar-refractivity contribution is -0.0567. The molecule has 150 valence electrons. The van der Waals surface area contributed by atoms with Crippen molar-refractivity contribution in [1.29, 1.82) is 0 Å². The molecule has 0 aliphatic carbocycles. The van der Waals surface area contributed by atoms with E-state index in [2.05, 4.69) is 69.2 Å². The second kappa shape index (κ2) is 8.11. The number of morpholine rings is 1. The first kappa shape index (κ1) is 18.6. The third-order valence-electron chi connectivity index (χ3n) is 6.23. The maximum absolute atomic E-state index is 9.21. The molecule has 5 heteroatoms. The molecule has 2 aliphatic heterocycles. The van der Waals surface area contributed by atoms with Gasteiger partial charge >= 0.3 is 0 Å². The van der Waals surface area contributed by atoms with E-state index in [9.17, 15) is 5.11 Å². The molecule has 0 bridgehead atoms. The number of hydrogen-bond acceptors (Lipinski definition) is 4. The highest BCUT2D eigenvalue weighted by molar-refractivity contribution is 5.67. The summed E-state index contributed by atoms with van der Waals surface area (Å²) in [6.07, 6.45) is 5.97. The molecule has 29 heavy (non-hydrogen) atoms. The quantitative estimate of drug-likeness (QED) is 0.724. The van der Waals surface area contributed by atoms with Crippen molar-refractivity contribution in [1.82, 2.24) is 14.5 Å². The van der Waals surface area contributed by atoms with Crippen LogP contribution in [0.3, 0.4) is 0 Å². The number of rotatable bonds is 5. The van der Waals surface area contributed by atoms with Crippen LogP contribution in [0.5, 0.6) is 0 Å². The van der Waals surface area contributed by atoms with Crippen LogP contribution >= 0.6 is 0 Å². The summed E-state index contributed by atoms with van der Waals surface area (Å²) in [5.41, 5.74) is 3.60. The van der Waals surface area contributed by atoms with Crippen molar-refractivity contribution in [2.45, 2.75) is 31.0 Å². The molecule has 3 atom stereocenters. The predicted molar refractivity (Wildman–Crippen MR) is 114 cm³/mol. The van der Waals surface area contributed by atoms with Crippen molar-refractivity contribution >= 4 is 0 Å². The number of aliphatic hydroxyl groups excluding tert-OH is 1. The molecule has 2 saturated heterocycles. The molecule has 0 radical (unpaired) electrons. The maximum Gasteiger partial charge on any atom is 0.140 e. The van der Waals surface area contributed by atoms with E-state index in [0.29, 0.717) is 12.1 Å². The molecule has 0 saturated carbocycles. The number of imidazole rings is 1. The van der Waals surface area contributed by atoms with Gasteiger partial charge in [0.25, 0.3) is 0 Å². The molecule has 2 aliphatic rings. The largest absolute Gasteiger partial charge is 0.396 e. The molecule has 2 aromatic carbocycles. The van der Waals surface area contributed by atoms with E-state index >= 15 is 0 Å². The fraction of sp³-hybridized carbons (Fsp3) is 0.375. The molecule has 5 nitrogen and oxygen atoms in total. The van der Waals surface area contributed by atoms with Crippen LogP contribution in [0, 0.1) is 0 Å². The zero-order valence-corrected chi connectivity index (χ0v) is 16.5. The van der Waals surface area contributed by atoms with E-state index < -0.39 is 0 Å². The molecule has 2 fully saturated rings. The van der Waals surface area contributed by atoms with Crippen molar-refractivity contribution in [3.8, 4) is 22.5 Å². The van der Waals surface area contributed by atoms with Gasteiger partial charge in [-0.3, -0.25) is 4.90 Å². The van der Waals surface area contributed by atoms with E-state index in [1.165, 1.54) is 11.1 Å². The van der Waals surface area contributed by atoms with E-state index in [0.717, 1.165) is 43.9 Å². The maximum atomic E-state index is 9.21. The Bertz CT molecular complexity index is 938. The SMILES string of the molecule is OCC[C@H]1CN2C[C@@H](n3ccnc3-c3ccc(-c4ccccc4)cc3)C[C@H]2CO1. The van der Waals surface area contributed by atoms with Gasteiger partial charge in [-0.15, -0.1) is 0 Å². The van der Waals surface area contributed by atoms with Crippen LogP contribution in [-0.2, 0) is 4.74 Å². The Kier molecular flexibility index (Phi) is 5.19. The highest BCUT2D eigenvalue weighted by atomic mass is 16.5. The van der Waals surface area contributed by atoms with Crippen molar-refractivity contribution in [2.24, 2.45) is 0 Å². The molecule has 0 unspecified atom stereocenters. The monoisotopic (exact) mass is 389 g/mol. The summed E-state index contributed by atoms with van der Waals surface area (Å²) in [5.74, 6) is 1.03. The average Bonchev–Trinajstić information content (AvgIpc) is 3.41. The van der Waals surface area contributed by atoms with Crippen LogP contribution in [-0.4, -0.2) is 58.0 Å². The Balaban J connectivity index is 1.34. The van der Waals surface area contributed by atoms with E-state index in [-0.39, 0.29) is 12.7 Å². The fourth-order valence-corrected chi connectivity index (χ4v) is 4.71. The van der Waals surface area contributed by atoms with Crippen LogP contribution in [0.25, 0.3) is 22.5 Å². The van der Waals surface area contributed by atoms with Gasteiger partial charge in [0.1, 0.15) is 5.82 Å². The van der Waals surface area contributed by atoms with E-state index in [1.807, 2.05) is 12.3 Å². The minimum Gasteiger partial charge on any atom is -0.396 e. The Morgan fingerprint density at radius 3 is 2.48 bits per heavy atom. The van der Waals surface area contributed by atoms with Crippen LogP contribution in [0.2, 0.25) is 0 Å². The molecule has 3 aromatic rings. The first-order valence-corrected chi connectivity index (χ1v) is 10.5. The Labute approximate surface area is 171 Å². The smallest absolute Gasteiger partial charge is 0.140 e. The van der Waals surface area contributed by atoms with Gasteiger partial charge in [0.2, 0.25) is 0 Å². The number of nitrogens with zero attached hydrogens (tertiary/aromatic N) is 3. The van der Waals surface area contributed by atoms with Gasteiger partial charge in [0, 0.05) is 49.7 Å². The van der Waals surface area contributed by atoms with Gasteiger partial charge in [-0.25, -0.2) is 4.98 Å². The zero-order valence-electron chi connectivity index (χ0n) is 16.5. The van der Waals surface area contributed by atoms with Crippen molar-refractivity contribution < 1.29 is 9.84 Å². The third-order valence-corrected chi connectivity index (χ3v) is 6.23. The van der Waals surface area contributed by atoms with Crippen LogP contribution in [0.15, 0.2) is 67.0 Å². The number of ether oxygens (including phenoxy) is 1. The van der Waals surface area contributed by atoms with Crippen molar-refractivity contribution in [3.63, 3.8) is 0 Å². The molecule has 5 rings (SSSR count). The number of hydrogen-bond donors (Lipinski definition) is 1. The van der Waals surface area contributed by atoms with Gasteiger partial charge in [-0.2, -0.15) is 0 Å². The summed E-state index contributed by atoms with van der Waals surface area (Å²) in [6, 6.07) is 20.0. The molecule has 1 aromatic heterocycles. The first-order chi connectivity index (χ1) is 14.3. The van der Waals surface area contributed by atoms with Crippen LogP contribution in [0.4, 0.5) is 0 Å². The lowest BCUT2D eigenvalue weighted by Gasteiger charge is -2.34. The lowest BCUT2D eigenvalue weighted by atomic mass is 10.0. The van der Waals surface area contributed by atoms with Gasteiger partial charge in [-0.05, 0) is 24.0 Å². The highest BCUT2D eigenvalue weighted by Crippen LogP contribution is 2.34. The summed E-state index contributed by atoms with van der Waals surface area (Å²) < 4.78 is 8.27. The summed E-state index contributed by atoms with van der Waals surface area (Å²) in [5, 5.41) is 9.21. The first-order valence-electron chi connectivity index (χ1n) is 10.5. The van der Waals surface area contributed by atoms with Crippen LogP contribution < -0.4 is 0 Å². The molecule has 0 amide bonds. The number of benzene rings is 2. The molecular weight excluding hydrogens is 362 g/mol. The van der Waals surface area contributed by atoms with Gasteiger partial charge in [0.05, 0.1) is 12.7 Å². The fourth-order valence-electron chi connectivity index (χ4n) is 4.71. The zero-order chi connectivity index (χ0) is 19.6. The second-order valence-corrected chi connectivity index (χ2v) is 8.07. The topological polar surface area (TPSA) is 50.5 Å². The number of aliphatic hydroxyl groups is 1. The number of fused-ring (bicyclic) bond motifs is 1. The van der Waals surface area contributed by atoms with Gasteiger partial charge < -0.3 is 14.4 Å². The third kappa shape index (κ3) is 3.73. The normalized spacial score (nSPS) is 24.5. The molecule has 3 heterocycles. The summed E-state index contributed by atoms with van der Waals surface area (Å²) in [4.78, 5) is 7.20. The van der Waals surface area contributed by atoms with Crippen molar-refractivity contribution in [3.05, 3.63) is 67.0 Å². The van der Waals surface area contributed by atoms with Gasteiger partial charge in [-0.1, -0.05) is 54.6 Å². The van der Waals surface area contributed by atoms with E-state index in [4.69, 9.17) is 4.74 Å². The molecular formula is C24H27N3O2. The Morgan fingerprint density at radius 1 is 0.931 bits per heavy atom. The lowest BCUT2D eigenvalue weighted by Crippen LogP contribution is -2.46. The average molecular weight is 389 g/mol. The second-order valence-electron chi connectivity index (χ2n) is 8.07.